The summed E-state index contributed by atoms with van der Waals surface area (Å²) in [6.07, 6.45) is 11.6. The fourth-order valence-electron chi connectivity index (χ4n) is 3.40. The number of unbranched alkanes of at least 4 members (excludes halogenated alkanes) is 4. The summed E-state index contributed by atoms with van der Waals surface area (Å²) in [6.45, 7) is 4.33. The van der Waals surface area contributed by atoms with Gasteiger partial charge in [-0.15, -0.1) is 0 Å². The molecule has 0 aliphatic heterocycles. The second-order valence-corrected chi connectivity index (χ2v) is 6.94. The molecule has 134 valence electrons. The highest BCUT2D eigenvalue weighted by atomic mass is 16.5. The summed E-state index contributed by atoms with van der Waals surface area (Å²) in [7, 11) is 0. The summed E-state index contributed by atoms with van der Waals surface area (Å²) in [4.78, 5) is 23.3. The molecule has 1 unspecified atom stereocenters. The molecule has 0 spiro atoms. The molecule has 1 aliphatic rings. The van der Waals surface area contributed by atoms with Crippen molar-refractivity contribution in [1.82, 2.24) is 0 Å². The molecule has 4 nitrogen and oxygen atoms in total. The van der Waals surface area contributed by atoms with E-state index in [1.165, 1.54) is 25.7 Å². The van der Waals surface area contributed by atoms with Crippen molar-refractivity contribution in [1.29, 1.82) is 0 Å². The van der Waals surface area contributed by atoms with Gasteiger partial charge in [-0.3, -0.25) is 9.59 Å². The van der Waals surface area contributed by atoms with Crippen LogP contribution in [0.15, 0.2) is 0 Å². The maximum Gasteiger partial charge on any atom is 0.309 e. The van der Waals surface area contributed by atoms with E-state index in [1.807, 2.05) is 0 Å². The zero-order valence-corrected chi connectivity index (χ0v) is 14.9. The topological polar surface area (TPSA) is 63.6 Å². The SMILES string of the molecule is CCCCCCCC(CCC)OC(=O)C1CCC(C(=O)O)CC1. The highest BCUT2D eigenvalue weighted by Gasteiger charge is 2.31. The molecule has 0 aromatic heterocycles. The molecule has 0 saturated heterocycles. The molecule has 0 amide bonds. The van der Waals surface area contributed by atoms with E-state index in [1.54, 1.807) is 0 Å². The Labute approximate surface area is 141 Å². The van der Waals surface area contributed by atoms with E-state index < -0.39 is 5.97 Å². The van der Waals surface area contributed by atoms with Crippen LogP contribution in [0.1, 0.15) is 90.9 Å². The smallest absolute Gasteiger partial charge is 0.309 e. The monoisotopic (exact) mass is 326 g/mol. The van der Waals surface area contributed by atoms with Crippen LogP contribution in [0, 0.1) is 11.8 Å². The van der Waals surface area contributed by atoms with E-state index >= 15 is 0 Å². The zero-order valence-electron chi connectivity index (χ0n) is 14.9. The van der Waals surface area contributed by atoms with Gasteiger partial charge in [-0.2, -0.15) is 0 Å². The minimum atomic E-state index is -0.729. The Balaban J connectivity index is 2.31. The van der Waals surface area contributed by atoms with E-state index in [4.69, 9.17) is 9.84 Å². The summed E-state index contributed by atoms with van der Waals surface area (Å²) >= 11 is 0. The van der Waals surface area contributed by atoms with Crippen molar-refractivity contribution in [3.8, 4) is 0 Å². The highest BCUT2D eigenvalue weighted by Crippen LogP contribution is 2.30. The number of hydrogen-bond donors (Lipinski definition) is 1. The number of rotatable bonds is 11. The van der Waals surface area contributed by atoms with Crippen LogP contribution in [-0.4, -0.2) is 23.1 Å². The van der Waals surface area contributed by atoms with E-state index in [9.17, 15) is 9.59 Å². The molecular formula is C19H34O4. The largest absolute Gasteiger partial charge is 0.481 e. The number of carboxylic acid groups (broad SMARTS) is 1. The standard InChI is InChI=1S/C19H34O4/c1-3-5-6-7-8-10-17(9-4-2)23-19(22)16-13-11-15(12-14-16)18(20)21/h15-17H,3-14H2,1-2H3,(H,20,21). The van der Waals surface area contributed by atoms with Gasteiger partial charge >= 0.3 is 11.9 Å². The average Bonchev–Trinajstić information content (AvgIpc) is 2.54. The lowest BCUT2D eigenvalue weighted by atomic mass is 9.82. The molecule has 0 aromatic rings. The van der Waals surface area contributed by atoms with Crippen LogP contribution in [0.3, 0.4) is 0 Å². The third kappa shape index (κ3) is 7.85. The van der Waals surface area contributed by atoms with Crippen LogP contribution in [0.4, 0.5) is 0 Å². The predicted molar refractivity (Wildman–Crippen MR) is 91.2 cm³/mol. The summed E-state index contributed by atoms with van der Waals surface area (Å²) in [5, 5.41) is 9.02. The van der Waals surface area contributed by atoms with Gasteiger partial charge < -0.3 is 9.84 Å². The van der Waals surface area contributed by atoms with Gasteiger partial charge in [0.1, 0.15) is 6.10 Å². The Bertz CT molecular complexity index is 345. The first-order valence-electron chi connectivity index (χ1n) is 9.51. The van der Waals surface area contributed by atoms with Crippen molar-refractivity contribution in [2.24, 2.45) is 11.8 Å². The van der Waals surface area contributed by atoms with Gasteiger partial charge in [0.05, 0.1) is 11.8 Å². The van der Waals surface area contributed by atoms with E-state index in [0.717, 1.165) is 25.7 Å². The van der Waals surface area contributed by atoms with Gasteiger partial charge in [-0.05, 0) is 44.9 Å². The maximum atomic E-state index is 12.3. The molecule has 0 heterocycles. The van der Waals surface area contributed by atoms with Crippen molar-refractivity contribution < 1.29 is 19.4 Å². The van der Waals surface area contributed by atoms with E-state index in [0.29, 0.717) is 25.7 Å². The first kappa shape index (κ1) is 20.0. The molecule has 1 aliphatic carbocycles. The zero-order chi connectivity index (χ0) is 17.1. The summed E-state index contributed by atoms with van der Waals surface area (Å²) in [5.74, 6) is -1.19. The van der Waals surface area contributed by atoms with Gasteiger partial charge in [0.2, 0.25) is 0 Å². The summed E-state index contributed by atoms with van der Waals surface area (Å²) in [6, 6.07) is 0. The summed E-state index contributed by atoms with van der Waals surface area (Å²) < 4.78 is 5.75. The molecule has 0 radical (unpaired) electrons. The lowest BCUT2D eigenvalue weighted by Crippen LogP contribution is -2.29. The molecule has 23 heavy (non-hydrogen) atoms. The normalized spacial score (nSPS) is 22.5. The number of carbonyl (C=O) groups is 2. The first-order chi connectivity index (χ1) is 11.1. The number of carboxylic acids is 1. The second kappa shape index (κ2) is 11.5. The van der Waals surface area contributed by atoms with Crippen LogP contribution >= 0.6 is 0 Å². The van der Waals surface area contributed by atoms with Crippen LogP contribution in [0.25, 0.3) is 0 Å². The van der Waals surface area contributed by atoms with Gasteiger partial charge in [0, 0.05) is 0 Å². The molecule has 1 saturated carbocycles. The molecule has 1 N–H and O–H groups in total. The minimum Gasteiger partial charge on any atom is -0.481 e. The lowest BCUT2D eigenvalue weighted by Gasteiger charge is -2.26. The first-order valence-corrected chi connectivity index (χ1v) is 9.51. The van der Waals surface area contributed by atoms with Crippen LogP contribution in [-0.2, 0) is 14.3 Å². The molecule has 4 heteroatoms. The lowest BCUT2D eigenvalue weighted by molar-refractivity contribution is -0.158. The van der Waals surface area contributed by atoms with E-state index in [2.05, 4.69) is 13.8 Å². The molecule has 1 atom stereocenters. The number of ether oxygens (including phenoxy) is 1. The van der Waals surface area contributed by atoms with Crippen molar-refractivity contribution in [3.05, 3.63) is 0 Å². The van der Waals surface area contributed by atoms with Gasteiger partial charge in [0.15, 0.2) is 0 Å². The van der Waals surface area contributed by atoms with Crippen molar-refractivity contribution in [2.45, 2.75) is 97.0 Å². The average molecular weight is 326 g/mol. The number of hydrogen-bond acceptors (Lipinski definition) is 3. The fraction of sp³-hybridized carbons (Fsp3) is 0.895. The van der Waals surface area contributed by atoms with Gasteiger partial charge in [-0.1, -0.05) is 46.0 Å². The van der Waals surface area contributed by atoms with Crippen molar-refractivity contribution in [2.75, 3.05) is 0 Å². The Kier molecular flexibility index (Phi) is 9.97. The minimum absolute atomic E-state index is 0.0475. The number of carbonyl (C=O) groups excluding carboxylic acids is 1. The Hall–Kier alpha value is -1.06. The quantitative estimate of drug-likeness (QED) is 0.431. The highest BCUT2D eigenvalue weighted by molar-refractivity contribution is 5.74. The van der Waals surface area contributed by atoms with Crippen molar-refractivity contribution in [3.63, 3.8) is 0 Å². The molecule has 1 fully saturated rings. The third-order valence-electron chi connectivity index (χ3n) is 4.93. The van der Waals surface area contributed by atoms with Crippen LogP contribution < -0.4 is 0 Å². The molecule has 1 rings (SSSR count). The Morgan fingerprint density at radius 1 is 0.913 bits per heavy atom. The Morgan fingerprint density at radius 2 is 1.52 bits per heavy atom. The predicted octanol–water partition coefficient (Wildman–Crippen LogP) is 4.95. The molecule has 0 bridgehead atoms. The Morgan fingerprint density at radius 3 is 2.09 bits per heavy atom. The summed E-state index contributed by atoms with van der Waals surface area (Å²) in [5.41, 5.74) is 0. The fourth-order valence-corrected chi connectivity index (χ4v) is 3.40. The van der Waals surface area contributed by atoms with Crippen LogP contribution in [0.2, 0.25) is 0 Å². The van der Waals surface area contributed by atoms with Crippen LogP contribution in [0.5, 0.6) is 0 Å². The number of aliphatic carboxylic acids is 1. The third-order valence-corrected chi connectivity index (χ3v) is 4.93. The van der Waals surface area contributed by atoms with Crippen molar-refractivity contribution >= 4 is 11.9 Å². The van der Waals surface area contributed by atoms with E-state index in [-0.39, 0.29) is 23.9 Å². The molecular weight excluding hydrogens is 292 g/mol. The van der Waals surface area contributed by atoms with Gasteiger partial charge in [-0.25, -0.2) is 0 Å². The number of esters is 1. The second-order valence-electron chi connectivity index (χ2n) is 6.94. The van der Waals surface area contributed by atoms with Gasteiger partial charge in [0.25, 0.3) is 0 Å². The maximum absolute atomic E-state index is 12.3. The molecule has 0 aromatic carbocycles.